The van der Waals surface area contributed by atoms with E-state index in [1.807, 2.05) is 0 Å². The van der Waals surface area contributed by atoms with Gasteiger partial charge in [-0.05, 0) is 37.5 Å². The molecule has 2 aliphatic carbocycles. The van der Waals surface area contributed by atoms with Gasteiger partial charge >= 0.3 is 0 Å². The van der Waals surface area contributed by atoms with Crippen molar-refractivity contribution < 1.29 is 0 Å². The minimum absolute atomic E-state index is 0.0796. The molecule has 1 spiro atoms. The first-order chi connectivity index (χ1) is 6.29. The molecule has 0 aliphatic heterocycles. The van der Waals surface area contributed by atoms with Crippen molar-refractivity contribution in [2.45, 2.75) is 32.1 Å². The number of aromatic amines is 1. The monoisotopic (exact) mass is 176 g/mol. The molecular formula is C10H12N2O. The number of nitrogens with zero attached hydrogens (tertiary/aromatic N) is 1. The Hall–Kier alpha value is -1.12. The van der Waals surface area contributed by atoms with Crippen LogP contribution in [0.1, 0.15) is 30.5 Å². The highest BCUT2D eigenvalue weighted by Crippen LogP contribution is 2.53. The number of aromatic nitrogens is 2. The standard InChI is InChI=1S/C10H12N2O/c13-9-7-5-10(3-4-10)2-1-8(7)11-6-12-9/h6H,1-5H2,(H,11,12,13). The summed E-state index contributed by atoms with van der Waals surface area (Å²) in [6.07, 6.45) is 7.33. The van der Waals surface area contributed by atoms with Gasteiger partial charge in [-0.2, -0.15) is 0 Å². The zero-order chi connectivity index (χ0) is 8.89. The molecule has 0 unspecified atom stereocenters. The molecule has 1 aromatic rings. The quantitative estimate of drug-likeness (QED) is 0.642. The van der Waals surface area contributed by atoms with Crippen molar-refractivity contribution in [1.82, 2.24) is 9.97 Å². The summed E-state index contributed by atoms with van der Waals surface area (Å²) in [6.45, 7) is 0. The summed E-state index contributed by atoms with van der Waals surface area (Å²) in [4.78, 5) is 18.4. The van der Waals surface area contributed by atoms with E-state index in [4.69, 9.17) is 0 Å². The number of hydrogen-bond donors (Lipinski definition) is 1. The Morgan fingerprint density at radius 1 is 1.38 bits per heavy atom. The number of rotatable bonds is 0. The number of H-pyrrole nitrogens is 1. The van der Waals surface area contributed by atoms with E-state index in [2.05, 4.69) is 9.97 Å². The van der Waals surface area contributed by atoms with Gasteiger partial charge in [0.2, 0.25) is 0 Å². The average Bonchev–Trinajstić information content (AvgIpc) is 2.88. The predicted octanol–water partition coefficient (Wildman–Crippen LogP) is 1.04. The molecule has 2 aliphatic rings. The lowest BCUT2D eigenvalue weighted by Gasteiger charge is -2.21. The highest BCUT2D eigenvalue weighted by molar-refractivity contribution is 5.24. The molecule has 1 saturated carbocycles. The van der Waals surface area contributed by atoms with Crippen LogP contribution in [0.2, 0.25) is 0 Å². The summed E-state index contributed by atoms with van der Waals surface area (Å²) in [5.74, 6) is 0. The summed E-state index contributed by atoms with van der Waals surface area (Å²) in [7, 11) is 0. The maximum absolute atomic E-state index is 11.5. The van der Waals surface area contributed by atoms with Crippen LogP contribution >= 0.6 is 0 Å². The molecule has 0 amide bonds. The first-order valence-electron chi connectivity index (χ1n) is 4.85. The lowest BCUT2D eigenvalue weighted by Crippen LogP contribution is -2.25. The van der Waals surface area contributed by atoms with Crippen molar-refractivity contribution in [3.63, 3.8) is 0 Å². The topological polar surface area (TPSA) is 45.8 Å². The van der Waals surface area contributed by atoms with E-state index < -0.39 is 0 Å². The lowest BCUT2D eigenvalue weighted by molar-refractivity contribution is 0.428. The molecule has 68 valence electrons. The van der Waals surface area contributed by atoms with Crippen molar-refractivity contribution in [3.8, 4) is 0 Å². The van der Waals surface area contributed by atoms with Crippen molar-refractivity contribution in [3.05, 3.63) is 27.9 Å². The number of hydrogen-bond acceptors (Lipinski definition) is 2. The van der Waals surface area contributed by atoms with Crippen LogP contribution in [0.25, 0.3) is 0 Å². The largest absolute Gasteiger partial charge is 0.313 e. The fraction of sp³-hybridized carbons (Fsp3) is 0.600. The molecule has 13 heavy (non-hydrogen) atoms. The Morgan fingerprint density at radius 2 is 2.23 bits per heavy atom. The highest BCUT2D eigenvalue weighted by Gasteiger charge is 2.45. The molecule has 0 saturated heterocycles. The number of nitrogens with one attached hydrogen (secondary N) is 1. The lowest BCUT2D eigenvalue weighted by atomic mass is 9.84. The van der Waals surface area contributed by atoms with Gasteiger partial charge in [0.15, 0.2) is 0 Å². The molecule has 0 atom stereocenters. The summed E-state index contributed by atoms with van der Waals surface area (Å²) in [6, 6.07) is 0. The van der Waals surface area contributed by atoms with E-state index in [1.54, 1.807) is 0 Å². The molecule has 1 aromatic heterocycles. The zero-order valence-corrected chi connectivity index (χ0v) is 7.47. The van der Waals surface area contributed by atoms with Crippen LogP contribution in [0, 0.1) is 5.41 Å². The molecule has 1 N–H and O–H groups in total. The highest BCUT2D eigenvalue weighted by atomic mass is 16.1. The molecule has 1 heterocycles. The third-order valence-electron chi connectivity index (χ3n) is 3.44. The third-order valence-corrected chi connectivity index (χ3v) is 3.44. The van der Waals surface area contributed by atoms with E-state index in [9.17, 15) is 4.79 Å². The first kappa shape index (κ1) is 7.30. The summed E-state index contributed by atoms with van der Waals surface area (Å²) >= 11 is 0. The Bertz CT molecular complexity index is 404. The normalized spacial score (nSPS) is 22.8. The first-order valence-corrected chi connectivity index (χ1v) is 4.85. The van der Waals surface area contributed by atoms with Gasteiger partial charge < -0.3 is 4.98 Å². The molecule has 1 fully saturated rings. The second kappa shape index (κ2) is 2.22. The fourth-order valence-electron chi connectivity index (χ4n) is 2.31. The van der Waals surface area contributed by atoms with E-state index in [1.165, 1.54) is 25.6 Å². The average molecular weight is 176 g/mol. The summed E-state index contributed by atoms with van der Waals surface area (Å²) in [5.41, 5.74) is 2.56. The Morgan fingerprint density at radius 3 is 3.00 bits per heavy atom. The Labute approximate surface area is 76.2 Å². The minimum Gasteiger partial charge on any atom is -0.313 e. The Kier molecular flexibility index (Phi) is 1.25. The Balaban J connectivity index is 2.11. The third kappa shape index (κ3) is 1.03. The molecule has 3 nitrogen and oxygen atoms in total. The molecular weight excluding hydrogens is 164 g/mol. The second-order valence-corrected chi connectivity index (χ2v) is 4.33. The SMILES string of the molecule is O=c1[nH]cnc2c1CC1(CC2)CC1. The van der Waals surface area contributed by atoms with E-state index in [0.717, 1.165) is 24.1 Å². The van der Waals surface area contributed by atoms with Crippen LogP contribution in [-0.4, -0.2) is 9.97 Å². The van der Waals surface area contributed by atoms with Crippen LogP contribution in [0.4, 0.5) is 0 Å². The van der Waals surface area contributed by atoms with Gasteiger partial charge in [0.25, 0.3) is 5.56 Å². The molecule has 3 heteroatoms. The summed E-state index contributed by atoms with van der Waals surface area (Å²) < 4.78 is 0. The van der Waals surface area contributed by atoms with E-state index >= 15 is 0 Å². The van der Waals surface area contributed by atoms with Gasteiger partial charge in [0.05, 0.1) is 12.0 Å². The van der Waals surface area contributed by atoms with Gasteiger partial charge in [0.1, 0.15) is 0 Å². The summed E-state index contributed by atoms with van der Waals surface area (Å²) in [5, 5.41) is 0. The van der Waals surface area contributed by atoms with E-state index in [0.29, 0.717) is 5.41 Å². The van der Waals surface area contributed by atoms with Gasteiger partial charge in [-0.25, -0.2) is 4.98 Å². The molecule has 0 aromatic carbocycles. The van der Waals surface area contributed by atoms with Crippen molar-refractivity contribution in [2.75, 3.05) is 0 Å². The van der Waals surface area contributed by atoms with Gasteiger partial charge in [-0.15, -0.1) is 0 Å². The van der Waals surface area contributed by atoms with Crippen LogP contribution < -0.4 is 5.56 Å². The van der Waals surface area contributed by atoms with Crippen LogP contribution in [0.15, 0.2) is 11.1 Å². The van der Waals surface area contributed by atoms with Crippen molar-refractivity contribution in [1.29, 1.82) is 0 Å². The van der Waals surface area contributed by atoms with Gasteiger partial charge in [0, 0.05) is 5.56 Å². The maximum atomic E-state index is 11.5. The maximum Gasteiger partial charge on any atom is 0.254 e. The van der Waals surface area contributed by atoms with Crippen LogP contribution in [0.5, 0.6) is 0 Å². The van der Waals surface area contributed by atoms with Crippen molar-refractivity contribution in [2.24, 2.45) is 5.41 Å². The molecule has 0 radical (unpaired) electrons. The van der Waals surface area contributed by atoms with E-state index in [-0.39, 0.29) is 5.56 Å². The fourth-order valence-corrected chi connectivity index (χ4v) is 2.31. The van der Waals surface area contributed by atoms with Gasteiger partial charge in [-0.1, -0.05) is 0 Å². The van der Waals surface area contributed by atoms with Gasteiger partial charge in [-0.3, -0.25) is 4.79 Å². The molecule has 3 rings (SSSR count). The minimum atomic E-state index is 0.0796. The number of aryl methyl sites for hydroxylation is 1. The smallest absolute Gasteiger partial charge is 0.254 e. The van der Waals surface area contributed by atoms with Crippen LogP contribution in [0.3, 0.4) is 0 Å². The van der Waals surface area contributed by atoms with Crippen LogP contribution in [-0.2, 0) is 12.8 Å². The second-order valence-electron chi connectivity index (χ2n) is 4.33. The zero-order valence-electron chi connectivity index (χ0n) is 7.47. The number of fused-ring (bicyclic) bond motifs is 1. The van der Waals surface area contributed by atoms with Crippen molar-refractivity contribution >= 4 is 0 Å². The predicted molar refractivity (Wildman–Crippen MR) is 48.5 cm³/mol. The molecule has 0 bridgehead atoms.